The molecule has 2 aliphatic heterocycles. The fourth-order valence-corrected chi connectivity index (χ4v) is 6.98. The largest absolute Gasteiger partial charge is 0.316 e. The number of amidine groups is 1. The Balaban J connectivity index is 2.00. The van der Waals surface area contributed by atoms with Gasteiger partial charge >= 0.3 is 0 Å². The van der Waals surface area contributed by atoms with Crippen LogP contribution in [0.2, 0.25) is 5.02 Å². The zero-order valence-electron chi connectivity index (χ0n) is 13.5. The summed E-state index contributed by atoms with van der Waals surface area (Å²) in [5.74, 6) is -0.123. The van der Waals surface area contributed by atoms with E-state index in [0.717, 1.165) is 12.1 Å². The monoisotopic (exact) mass is 386 g/mol. The third-order valence-corrected chi connectivity index (χ3v) is 7.84. The zero-order chi connectivity index (χ0) is 17.5. The van der Waals surface area contributed by atoms with Gasteiger partial charge in [-0.05, 0) is 24.6 Å². The number of sulfone groups is 1. The second-order valence-corrected chi connectivity index (χ2v) is 9.99. The predicted octanol–water partition coefficient (Wildman–Crippen LogP) is 2.99. The SMILES string of the molecule is CC[C@H](C)C(=O)N=C1S[C@H]2CS(=O)(=O)C[C@@H]2N1c1cccc(Cl)c1. The van der Waals surface area contributed by atoms with Gasteiger partial charge in [-0.25, -0.2) is 8.42 Å². The fourth-order valence-electron chi connectivity index (χ4n) is 2.87. The molecule has 130 valence electrons. The number of fused-ring (bicyclic) bond motifs is 1. The summed E-state index contributed by atoms with van der Waals surface area (Å²) in [7, 11) is -3.06. The Labute approximate surface area is 151 Å². The molecule has 24 heavy (non-hydrogen) atoms. The van der Waals surface area contributed by atoms with Crippen LogP contribution in [0.3, 0.4) is 0 Å². The Morgan fingerprint density at radius 3 is 2.88 bits per heavy atom. The van der Waals surface area contributed by atoms with Gasteiger partial charge in [-0.3, -0.25) is 4.79 Å². The van der Waals surface area contributed by atoms with Crippen LogP contribution in [0.1, 0.15) is 20.3 Å². The summed E-state index contributed by atoms with van der Waals surface area (Å²) >= 11 is 7.47. The molecule has 0 spiro atoms. The molecule has 0 radical (unpaired) electrons. The van der Waals surface area contributed by atoms with Gasteiger partial charge in [0.05, 0.1) is 17.5 Å². The second kappa shape index (κ2) is 6.69. The number of nitrogens with zero attached hydrogens (tertiary/aromatic N) is 2. The highest BCUT2D eigenvalue weighted by Crippen LogP contribution is 2.41. The first-order valence-electron chi connectivity index (χ1n) is 7.85. The van der Waals surface area contributed by atoms with Crippen LogP contribution in [-0.4, -0.2) is 42.3 Å². The van der Waals surface area contributed by atoms with Crippen LogP contribution < -0.4 is 4.90 Å². The van der Waals surface area contributed by atoms with Crippen LogP contribution in [0, 0.1) is 5.92 Å². The highest BCUT2D eigenvalue weighted by Gasteiger charge is 2.49. The van der Waals surface area contributed by atoms with E-state index in [1.165, 1.54) is 11.8 Å². The van der Waals surface area contributed by atoms with Gasteiger partial charge in [0.15, 0.2) is 15.0 Å². The first-order valence-corrected chi connectivity index (χ1v) is 10.9. The molecule has 5 nitrogen and oxygen atoms in total. The van der Waals surface area contributed by atoms with E-state index in [0.29, 0.717) is 10.2 Å². The van der Waals surface area contributed by atoms with Crippen molar-refractivity contribution in [2.75, 3.05) is 16.4 Å². The minimum absolute atomic E-state index is 0.0771. The molecule has 2 fully saturated rings. The summed E-state index contributed by atoms with van der Waals surface area (Å²) in [5.41, 5.74) is 0.773. The Kier molecular flexibility index (Phi) is 4.95. The molecule has 2 heterocycles. The number of halogens is 1. The maximum absolute atomic E-state index is 12.2. The third-order valence-electron chi connectivity index (χ3n) is 4.39. The number of anilines is 1. The quantitative estimate of drug-likeness (QED) is 0.798. The zero-order valence-corrected chi connectivity index (χ0v) is 15.9. The van der Waals surface area contributed by atoms with Gasteiger partial charge in [0, 0.05) is 21.9 Å². The van der Waals surface area contributed by atoms with Crippen LogP contribution in [0.25, 0.3) is 0 Å². The molecule has 0 bridgehead atoms. The summed E-state index contributed by atoms with van der Waals surface area (Å²) in [6, 6.07) is 7.01. The van der Waals surface area contributed by atoms with Crippen LogP contribution in [-0.2, 0) is 14.6 Å². The highest BCUT2D eigenvalue weighted by molar-refractivity contribution is 8.16. The molecular weight excluding hydrogens is 368 g/mol. The van der Waals surface area contributed by atoms with Gasteiger partial charge in [-0.1, -0.05) is 43.3 Å². The van der Waals surface area contributed by atoms with E-state index in [1.54, 1.807) is 12.1 Å². The topological polar surface area (TPSA) is 66.8 Å². The molecule has 0 aliphatic carbocycles. The van der Waals surface area contributed by atoms with E-state index in [2.05, 4.69) is 4.99 Å². The van der Waals surface area contributed by atoms with Crippen molar-refractivity contribution in [3.05, 3.63) is 29.3 Å². The smallest absolute Gasteiger partial charge is 0.250 e. The van der Waals surface area contributed by atoms with Gasteiger partial charge in [0.2, 0.25) is 0 Å². The molecule has 0 saturated carbocycles. The van der Waals surface area contributed by atoms with E-state index in [9.17, 15) is 13.2 Å². The molecule has 3 atom stereocenters. The van der Waals surface area contributed by atoms with Crippen molar-refractivity contribution in [2.24, 2.45) is 10.9 Å². The number of benzene rings is 1. The maximum atomic E-state index is 12.2. The van der Waals surface area contributed by atoms with Gasteiger partial charge in [-0.15, -0.1) is 0 Å². The van der Waals surface area contributed by atoms with E-state index in [1.807, 2.05) is 30.9 Å². The average Bonchev–Trinajstić information content (AvgIpc) is 2.97. The number of hydrogen-bond acceptors (Lipinski definition) is 4. The van der Waals surface area contributed by atoms with Crippen LogP contribution in [0.4, 0.5) is 5.69 Å². The summed E-state index contributed by atoms with van der Waals surface area (Å²) in [6.07, 6.45) is 0.721. The third kappa shape index (κ3) is 3.48. The number of rotatable bonds is 3. The number of carbonyl (C=O) groups excluding carboxylic acids is 1. The van der Waals surface area contributed by atoms with Gasteiger partial charge in [0.25, 0.3) is 5.91 Å². The first kappa shape index (κ1) is 17.8. The fraction of sp³-hybridized carbons (Fsp3) is 0.500. The lowest BCUT2D eigenvalue weighted by atomic mass is 10.1. The lowest BCUT2D eigenvalue weighted by Crippen LogP contribution is -2.37. The summed E-state index contributed by atoms with van der Waals surface area (Å²) in [6.45, 7) is 3.79. The summed E-state index contributed by atoms with van der Waals surface area (Å²) in [5, 5.41) is 1.04. The lowest BCUT2D eigenvalue weighted by Gasteiger charge is -2.24. The second-order valence-electron chi connectivity index (χ2n) is 6.19. The van der Waals surface area contributed by atoms with Crippen LogP contribution in [0.5, 0.6) is 0 Å². The van der Waals surface area contributed by atoms with Crippen LogP contribution in [0.15, 0.2) is 29.3 Å². The molecular formula is C16H19ClN2O3S2. The normalized spacial score (nSPS) is 28.1. The molecule has 0 N–H and O–H groups in total. The molecule has 2 saturated heterocycles. The highest BCUT2D eigenvalue weighted by atomic mass is 35.5. The summed E-state index contributed by atoms with van der Waals surface area (Å²) < 4.78 is 24.0. The Hall–Kier alpha value is -1.05. The number of hydrogen-bond donors (Lipinski definition) is 0. The predicted molar refractivity (Wildman–Crippen MR) is 99.6 cm³/mol. The molecule has 2 aliphatic rings. The number of carbonyl (C=O) groups is 1. The average molecular weight is 387 g/mol. The van der Waals surface area contributed by atoms with Crippen molar-refractivity contribution in [1.82, 2.24) is 0 Å². The van der Waals surface area contributed by atoms with Crippen molar-refractivity contribution in [3.63, 3.8) is 0 Å². The molecule has 1 amide bonds. The number of amides is 1. The van der Waals surface area contributed by atoms with Crippen molar-refractivity contribution in [2.45, 2.75) is 31.6 Å². The van der Waals surface area contributed by atoms with E-state index < -0.39 is 9.84 Å². The van der Waals surface area contributed by atoms with Gasteiger partial charge in [-0.2, -0.15) is 4.99 Å². The van der Waals surface area contributed by atoms with Crippen molar-refractivity contribution < 1.29 is 13.2 Å². The van der Waals surface area contributed by atoms with Crippen molar-refractivity contribution in [3.8, 4) is 0 Å². The Morgan fingerprint density at radius 1 is 1.46 bits per heavy atom. The minimum Gasteiger partial charge on any atom is -0.316 e. The Morgan fingerprint density at radius 2 is 2.21 bits per heavy atom. The molecule has 3 rings (SSSR count). The standard InChI is InChI=1S/C16H19ClN2O3S2/c1-3-10(2)15(20)18-16-19(12-6-4-5-11(17)7-12)13-8-24(21,22)9-14(13)23-16/h4-7,10,13-14H,3,8-9H2,1-2H3/t10-,13-,14-/m0/s1. The number of thioether (sulfide) groups is 1. The van der Waals surface area contributed by atoms with E-state index >= 15 is 0 Å². The summed E-state index contributed by atoms with van der Waals surface area (Å²) in [4.78, 5) is 18.4. The Bertz CT molecular complexity index is 794. The molecule has 1 aromatic carbocycles. The van der Waals surface area contributed by atoms with Gasteiger partial charge < -0.3 is 4.90 Å². The lowest BCUT2D eigenvalue weighted by molar-refractivity contribution is -0.121. The van der Waals surface area contributed by atoms with E-state index in [4.69, 9.17) is 11.6 Å². The molecule has 1 aromatic rings. The maximum Gasteiger partial charge on any atom is 0.250 e. The van der Waals surface area contributed by atoms with Gasteiger partial charge in [0.1, 0.15) is 0 Å². The molecule has 0 aromatic heterocycles. The minimum atomic E-state index is -3.06. The first-order chi connectivity index (χ1) is 11.3. The number of aliphatic imine (C=N–C) groups is 1. The molecule has 0 unspecified atom stereocenters. The van der Waals surface area contributed by atoms with Crippen molar-refractivity contribution in [1.29, 1.82) is 0 Å². The van der Waals surface area contributed by atoms with E-state index in [-0.39, 0.29) is 34.6 Å². The molecule has 8 heteroatoms. The van der Waals surface area contributed by atoms with Crippen LogP contribution >= 0.6 is 23.4 Å². The van der Waals surface area contributed by atoms with Crippen molar-refractivity contribution >= 4 is 50.0 Å².